The molecule has 0 heterocycles. The highest BCUT2D eigenvalue weighted by atomic mass is 14.2. The second-order valence-electron chi connectivity index (χ2n) is 6.29. The summed E-state index contributed by atoms with van der Waals surface area (Å²) in [5.74, 6) is 0.649. The van der Waals surface area contributed by atoms with Crippen molar-refractivity contribution in [3.8, 4) is 0 Å². The Morgan fingerprint density at radius 3 is 2.52 bits per heavy atom. The predicted molar refractivity (Wildman–Crippen MR) is 115 cm³/mol. The molecule has 0 aliphatic heterocycles. The highest BCUT2D eigenvalue weighted by Crippen LogP contribution is 2.25. The van der Waals surface area contributed by atoms with Crippen molar-refractivity contribution in [3.63, 3.8) is 0 Å². The zero-order chi connectivity index (χ0) is 18.3. The molecule has 0 amide bonds. The van der Waals surface area contributed by atoms with Crippen LogP contribution in [-0.4, -0.2) is 0 Å². The van der Waals surface area contributed by atoms with E-state index >= 15 is 0 Å². The van der Waals surface area contributed by atoms with E-state index in [1.54, 1.807) is 5.57 Å². The first kappa shape index (κ1) is 21.0. The molecule has 0 fully saturated rings. The van der Waals surface area contributed by atoms with Crippen molar-refractivity contribution in [2.45, 2.75) is 52.9 Å². The number of rotatable bonds is 7. The lowest BCUT2D eigenvalue weighted by Crippen LogP contribution is -2.32. The zero-order valence-electron chi connectivity index (χ0n) is 16.2. The Morgan fingerprint density at radius 2 is 1.88 bits per heavy atom. The number of allylic oxidation sites excluding steroid dienone is 7. The lowest BCUT2D eigenvalue weighted by atomic mass is 9.84. The van der Waals surface area contributed by atoms with Gasteiger partial charge in [-0.25, -0.2) is 0 Å². The normalized spacial score (nSPS) is 16.6. The van der Waals surface area contributed by atoms with Gasteiger partial charge in [0.05, 0.1) is 0 Å². The number of benzene rings is 1. The molecule has 1 aromatic carbocycles. The summed E-state index contributed by atoms with van der Waals surface area (Å²) in [6.45, 7) is 9.85. The lowest BCUT2D eigenvalue weighted by Gasteiger charge is -2.20. The number of unbranched alkanes of at least 4 members (excludes halogenated alkanes) is 1. The van der Waals surface area contributed by atoms with Crippen molar-refractivity contribution in [2.75, 3.05) is 0 Å². The highest BCUT2D eigenvalue weighted by Gasteiger charge is 2.15. The Balaban J connectivity index is 0.000000550. The average Bonchev–Trinajstić information content (AvgIpc) is 2.65. The summed E-state index contributed by atoms with van der Waals surface area (Å²) in [5.41, 5.74) is 1.59. The van der Waals surface area contributed by atoms with Crippen LogP contribution in [0.4, 0.5) is 0 Å². The monoisotopic (exact) mass is 334 g/mol. The number of fused-ring (bicyclic) bond motifs is 1. The maximum absolute atomic E-state index is 3.55. The minimum Gasteiger partial charge on any atom is -0.103 e. The van der Waals surface area contributed by atoms with E-state index in [9.17, 15) is 0 Å². The predicted octanol–water partition coefficient (Wildman–Crippen LogP) is 6.10. The van der Waals surface area contributed by atoms with Gasteiger partial charge >= 0.3 is 0 Å². The summed E-state index contributed by atoms with van der Waals surface area (Å²) in [6.07, 6.45) is 23.1. The Labute approximate surface area is 154 Å². The van der Waals surface area contributed by atoms with E-state index in [2.05, 4.69) is 94.1 Å². The van der Waals surface area contributed by atoms with Gasteiger partial charge in [-0.3, -0.25) is 0 Å². The molecule has 0 aromatic heterocycles. The molecule has 1 aliphatic carbocycles. The average molecular weight is 335 g/mol. The van der Waals surface area contributed by atoms with Crippen molar-refractivity contribution in [1.29, 1.82) is 0 Å². The molecular formula is C25H34. The molecule has 0 N–H and O–H groups in total. The fourth-order valence-electron chi connectivity index (χ4n) is 3.00. The Bertz CT molecular complexity index is 698. The van der Waals surface area contributed by atoms with Gasteiger partial charge < -0.3 is 0 Å². The first-order chi connectivity index (χ1) is 12.3. The first-order valence-electron chi connectivity index (χ1n) is 9.56. The SMILES string of the molecule is C=CCCC.CC=CCC1CC=c2ccccc2=C1C/C=C\C=C/C. The molecule has 0 heteroatoms. The van der Waals surface area contributed by atoms with Crippen LogP contribution in [0.3, 0.4) is 0 Å². The van der Waals surface area contributed by atoms with E-state index in [0.717, 1.165) is 25.7 Å². The number of hydrogen-bond donors (Lipinski definition) is 0. The molecule has 0 nitrogen and oxygen atoms in total. The maximum atomic E-state index is 3.55. The molecule has 1 atom stereocenters. The molecule has 0 spiro atoms. The summed E-state index contributed by atoms with van der Waals surface area (Å²) >= 11 is 0. The third-order valence-corrected chi connectivity index (χ3v) is 4.35. The molecule has 1 aliphatic rings. The summed E-state index contributed by atoms with van der Waals surface area (Å²) in [6, 6.07) is 8.79. The van der Waals surface area contributed by atoms with Gasteiger partial charge in [-0.15, -0.1) is 6.58 Å². The van der Waals surface area contributed by atoms with E-state index in [4.69, 9.17) is 0 Å². The zero-order valence-corrected chi connectivity index (χ0v) is 16.2. The molecule has 1 aromatic rings. The van der Waals surface area contributed by atoms with Crippen molar-refractivity contribution >= 4 is 11.6 Å². The standard InChI is InChI=1S/C20H24.C5H10/c1-3-5-7-8-13-19-17(11-6-4-2)15-16-18-12-9-10-14-20(18)19;1-3-5-4-2/h3-10,12,14,16-17H,11,13,15H2,1-2H3;3H,1,4-5H2,2H3/b5-3-,6-4?,8-7-;. The van der Waals surface area contributed by atoms with Crippen LogP contribution in [-0.2, 0) is 0 Å². The third-order valence-electron chi connectivity index (χ3n) is 4.35. The summed E-state index contributed by atoms with van der Waals surface area (Å²) in [5, 5.41) is 2.84. The van der Waals surface area contributed by atoms with Crippen LogP contribution in [0.15, 0.2) is 73.4 Å². The van der Waals surface area contributed by atoms with Crippen LogP contribution < -0.4 is 10.4 Å². The Hall–Kier alpha value is -2.08. The van der Waals surface area contributed by atoms with E-state index < -0.39 is 0 Å². The fourth-order valence-corrected chi connectivity index (χ4v) is 3.00. The van der Waals surface area contributed by atoms with Crippen LogP contribution in [0.5, 0.6) is 0 Å². The first-order valence-corrected chi connectivity index (χ1v) is 9.56. The quantitative estimate of drug-likeness (QED) is 0.417. The maximum Gasteiger partial charge on any atom is -0.0121 e. The Morgan fingerprint density at radius 1 is 1.08 bits per heavy atom. The highest BCUT2D eigenvalue weighted by molar-refractivity contribution is 5.55. The van der Waals surface area contributed by atoms with Crippen LogP contribution >= 0.6 is 0 Å². The van der Waals surface area contributed by atoms with Gasteiger partial charge in [0.15, 0.2) is 0 Å². The minimum absolute atomic E-state index is 0.649. The molecule has 0 radical (unpaired) electrons. The van der Waals surface area contributed by atoms with Crippen LogP contribution in [0.1, 0.15) is 52.9 Å². The summed E-state index contributed by atoms with van der Waals surface area (Å²) in [4.78, 5) is 0. The largest absolute Gasteiger partial charge is 0.103 e. The molecule has 0 saturated carbocycles. The molecule has 134 valence electrons. The van der Waals surface area contributed by atoms with Crippen LogP contribution in [0.25, 0.3) is 11.6 Å². The molecule has 1 unspecified atom stereocenters. The number of hydrogen-bond acceptors (Lipinski definition) is 0. The second-order valence-corrected chi connectivity index (χ2v) is 6.29. The fraction of sp³-hybridized carbons (Fsp3) is 0.360. The van der Waals surface area contributed by atoms with Gasteiger partial charge in [0, 0.05) is 0 Å². The summed E-state index contributed by atoms with van der Waals surface area (Å²) < 4.78 is 0. The van der Waals surface area contributed by atoms with Gasteiger partial charge in [-0.1, -0.05) is 91.8 Å². The third kappa shape index (κ3) is 7.56. The van der Waals surface area contributed by atoms with E-state index in [1.807, 2.05) is 6.08 Å². The van der Waals surface area contributed by atoms with Gasteiger partial charge in [-0.05, 0) is 55.9 Å². The van der Waals surface area contributed by atoms with Crippen LogP contribution in [0.2, 0.25) is 0 Å². The molecule has 0 bridgehead atoms. The van der Waals surface area contributed by atoms with E-state index in [-0.39, 0.29) is 0 Å². The lowest BCUT2D eigenvalue weighted by molar-refractivity contribution is 0.686. The molecule has 25 heavy (non-hydrogen) atoms. The van der Waals surface area contributed by atoms with Gasteiger partial charge in [0.2, 0.25) is 0 Å². The van der Waals surface area contributed by atoms with E-state index in [1.165, 1.54) is 16.9 Å². The van der Waals surface area contributed by atoms with E-state index in [0.29, 0.717) is 5.92 Å². The van der Waals surface area contributed by atoms with Crippen molar-refractivity contribution < 1.29 is 0 Å². The van der Waals surface area contributed by atoms with Crippen LogP contribution in [0, 0.1) is 5.92 Å². The van der Waals surface area contributed by atoms with Crippen molar-refractivity contribution in [3.05, 3.63) is 83.8 Å². The van der Waals surface area contributed by atoms with Crippen molar-refractivity contribution in [1.82, 2.24) is 0 Å². The smallest absolute Gasteiger partial charge is 0.0121 e. The molecule has 2 rings (SSSR count). The summed E-state index contributed by atoms with van der Waals surface area (Å²) in [7, 11) is 0. The molecular weight excluding hydrogens is 300 g/mol. The Kier molecular flexibility index (Phi) is 11.1. The molecule has 0 saturated heterocycles. The van der Waals surface area contributed by atoms with Crippen molar-refractivity contribution in [2.24, 2.45) is 5.92 Å². The topological polar surface area (TPSA) is 0 Å². The minimum atomic E-state index is 0.649. The van der Waals surface area contributed by atoms with Gasteiger partial charge in [-0.2, -0.15) is 0 Å². The second kappa shape index (κ2) is 13.2. The van der Waals surface area contributed by atoms with Gasteiger partial charge in [0.25, 0.3) is 0 Å². The van der Waals surface area contributed by atoms with Gasteiger partial charge in [0.1, 0.15) is 0 Å².